The van der Waals surface area contributed by atoms with Gasteiger partial charge < -0.3 is 19.9 Å². The predicted molar refractivity (Wildman–Crippen MR) is 106 cm³/mol. The van der Waals surface area contributed by atoms with E-state index in [9.17, 15) is 19.5 Å². The molecule has 0 amide bonds. The van der Waals surface area contributed by atoms with Gasteiger partial charge in [-0.3, -0.25) is 14.8 Å². The van der Waals surface area contributed by atoms with Gasteiger partial charge in [-0.1, -0.05) is 18.7 Å². The maximum atomic E-state index is 12.8. The van der Waals surface area contributed by atoms with Gasteiger partial charge in [0.1, 0.15) is 12.4 Å². The number of rotatable bonds is 6. The summed E-state index contributed by atoms with van der Waals surface area (Å²) in [6, 6.07) is 4.55. The first kappa shape index (κ1) is 20.0. The second kappa shape index (κ2) is 8.09. The Bertz CT molecular complexity index is 1110. The summed E-state index contributed by atoms with van der Waals surface area (Å²) in [6.07, 6.45) is 1.44. The molecule has 1 aromatic heterocycles. The fraction of sp³-hybridized carbons (Fsp3) is 0.250. The molecule has 1 unspecified atom stereocenters. The highest BCUT2D eigenvalue weighted by Crippen LogP contribution is 2.41. The molecule has 0 spiro atoms. The number of benzene rings is 1. The normalized spacial score (nSPS) is 15.3. The second-order valence-corrected chi connectivity index (χ2v) is 6.34. The average molecular weight is 399 g/mol. The number of phenolic OH excluding ortho intramolecular Hbond substituents is 1. The molecule has 152 valence electrons. The Kier molecular flexibility index (Phi) is 5.58. The Labute approximate surface area is 165 Å². The number of hydrogen-bond donors (Lipinski definition) is 4. The molecule has 0 saturated heterocycles. The number of H-pyrrole nitrogens is 2. The van der Waals surface area contributed by atoms with Gasteiger partial charge in [0.15, 0.2) is 11.5 Å². The van der Waals surface area contributed by atoms with E-state index in [1.54, 1.807) is 26.0 Å². The van der Waals surface area contributed by atoms with Crippen LogP contribution in [0, 0.1) is 0 Å². The zero-order chi connectivity index (χ0) is 21.1. The van der Waals surface area contributed by atoms with Crippen LogP contribution in [0.25, 0.3) is 0 Å². The third-order valence-corrected chi connectivity index (χ3v) is 4.44. The lowest BCUT2D eigenvalue weighted by Crippen LogP contribution is -2.35. The van der Waals surface area contributed by atoms with Gasteiger partial charge in [-0.15, -0.1) is 0 Å². The molecule has 9 nitrogen and oxygen atoms in total. The molecule has 0 bridgehead atoms. The molecule has 4 N–H and O–H groups in total. The number of aromatic hydroxyl groups is 1. The highest BCUT2D eigenvalue weighted by atomic mass is 16.5. The standard InChI is InChI=1S/C20H21N3O6/c1-4-8-29-19(26)14-10(3)21-17-16(18(25)23-20(27)22-17)15(14)11-6-7-12(24)13(9-11)28-5-2/h4,6-7,9,15,24H,1,5,8H2,2-3H3,(H3,21,22,23,25,27). The molecule has 9 heteroatoms. The van der Waals surface area contributed by atoms with Gasteiger partial charge in [0, 0.05) is 5.70 Å². The van der Waals surface area contributed by atoms with E-state index in [0.29, 0.717) is 17.9 Å². The third-order valence-electron chi connectivity index (χ3n) is 4.44. The maximum Gasteiger partial charge on any atom is 0.337 e. The van der Waals surface area contributed by atoms with Crippen LogP contribution in [-0.2, 0) is 9.53 Å². The molecule has 0 saturated carbocycles. The number of hydrogen-bond acceptors (Lipinski definition) is 7. The number of aromatic nitrogens is 2. The van der Waals surface area contributed by atoms with Crippen molar-refractivity contribution in [1.82, 2.24) is 9.97 Å². The zero-order valence-electron chi connectivity index (χ0n) is 16.0. The largest absolute Gasteiger partial charge is 0.504 e. The molecule has 0 aliphatic carbocycles. The van der Waals surface area contributed by atoms with Crippen LogP contribution in [0.5, 0.6) is 11.5 Å². The van der Waals surface area contributed by atoms with Crippen molar-refractivity contribution in [3.8, 4) is 11.5 Å². The van der Waals surface area contributed by atoms with Crippen LogP contribution in [-0.4, -0.2) is 34.3 Å². The van der Waals surface area contributed by atoms with Crippen LogP contribution >= 0.6 is 0 Å². The van der Waals surface area contributed by atoms with Crippen molar-refractivity contribution in [2.24, 2.45) is 0 Å². The first-order chi connectivity index (χ1) is 13.9. The summed E-state index contributed by atoms with van der Waals surface area (Å²) in [4.78, 5) is 41.9. The van der Waals surface area contributed by atoms with E-state index >= 15 is 0 Å². The minimum absolute atomic E-state index is 0.00303. The van der Waals surface area contributed by atoms with Crippen LogP contribution in [0.2, 0.25) is 0 Å². The monoisotopic (exact) mass is 399 g/mol. The van der Waals surface area contributed by atoms with Crippen molar-refractivity contribution in [2.75, 3.05) is 18.5 Å². The summed E-state index contributed by atoms with van der Waals surface area (Å²) in [5, 5.41) is 12.9. The van der Waals surface area contributed by atoms with Gasteiger partial charge in [-0.2, -0.15) is 0 Å². The summed E-state index contributed by atoms with van der Waals surface area (Å²) in [6.45, 7) is 7.25. The minimum atomic E-state index is -0.857. The van der Waals surface area contributed by atoms with Crippen LogP contribution in [0.15, 0.2) is 51.7 Å². The lowest BCUT2D eigenvalue weighted by atomic mass is 9.82. The van der Waals surface area contributed by atoms with E-state index in [-0.39, 0.29) is 35.1 Å². The van der Waals surface area contributed by atoms with Crippen molar-refractivity contribution in [2.45, 2.75) is 19.8 Å². The van der Waals surface area contributed by atoms with E-state index in [1.807, 2.05) is 0 Å². The van der Waals surface area contributed by atoms with Crippen LogP contribution in [0.1, 0.15) is 30.9 Å². The molecule has 0 fully saturated rings. The fourth-order valence-electron chi connectivity index (χ4n) is 3.28. The van der Waals surface area contributed by atoms with Crippen molar-refractivity contribution >= 4 is 11.8 Å². The summed E-state index contributed by atoms with van der Waals surface area (Å²) >= 11 is 0. The Morgan fingerprint density at radius 1 is 1.31 bits per heavy atom. The number of allylic oxidation sites excluding steroid dienone is 1. The SMILES string of the molecule is C=CCOC(=O)C1=C(C)Nc2[nH]c(=O)[nH]c(=O)c2C1c1ccc(O)c(OCC)c1. The van der Waals surface area contributed by atoms with Crippen LogP contribution in [0.4, 0.5) is 5.82 Å². The van der Waals surface area contributed by atoms with E-state index < -0.39 is 23.1 Å². The molecule has 2 aromatic rings. The van der Waals surface area contributed by atoms with Gasteiger partial charge in [0.2, 0.25) is 0 Å². The van der Waals surface area contributed by atoms with E-state index in [1.165, 1.54) is 12.1 Å². The van der Waals surface area contributed by atoms with Crippen LogP contribution < -0.4 is 21.3 Å². The Morgan fingerprint density at radius 3 is 2.76 bits per heavy atom. The van der Waals surface area contributed by atoms with Crippen LogP contribution in [0.3, 0.4) is 0 Å². The van der Waals surface area contributed by atoms with Crippen molar-refractivity contribution in [3.05, 3.63) is 74.1 Å². The zero-order valence-corrected chi connectivity index (χ0v) is 16.0. The highest BCUT2D eigenvalue weighted by Gasteiger charge is 2.36. The number of ether oxygens (including phenoxy) is 2. The molecule has 0 radical (unpaired) electrons. The van der Waals surface area contributed by atoms with E-state index in [0.717, 1.165) is 0 Å². The Balaban J connectivity index is 2.25. The number of phenols is 1. The minimum Gasteiger partial charge on any atom is -0.504 e. The van der Waals surface area contributed by atoms with Crippen molar-refractivity contribution in [3.63, 3.8) is 0 Å². The van der Waals surface area contributed by atoms with Crippen molar-refractivity contribution < 1.29 is 19.4 Å². The number of fused-ring (bicyclic) bond motifs is 1. The first-order valence-corrected chi connectivity index (χ1v) is 8.95. The number of carbonyl (C=O) groups excluding carboxylic acids is 1. The van der Waals surface area contributed by atoms with Gasteiger partial charge in [0.25, 0.3) is 5.56 Å². The molecular formula is C20H21N3O6. The summed E-state index contributed by atoms with van der Waals surface area (Å²) < 4.78 is 10.7. The Hall–Kier alpha value is -3.75. The molecule has 1 atom stereocenters. The molecule has 3 rings (SSSR count). The second-order valence-electron chi connectivity index (χ2n) is 6.34. The summed E-state index contributed by atoms with van der Waals surface area (Å²) in [5.41, 5.74) is -0.0424. The number of carbonyl (C=O) groups is 1. The number of esters is 1. The molecule has 1 aliphatic rings. The predicted octanol–water partition coefficient (Wildman–Crippen LogP) is 1.73. The first-order valence-electron chi connectivity index (χ1n) is 8.95. The van der Waals surface area contributed by atoms with E-state index in [2.05, 4.69) is 21.9 Å². The lowest BCUT2D eigenvalue weighted by Gasteiger charge is -2.29. The quantitative estimate of drug-likeness (QED) is 0.429. The third kappa shape index (κ3) is 3.79. The summed E-state index contributed by atoms with van der Waals surface area (Å²) in [5.74, 6) is -1.17. The average Bonchev–Trinajstić information content (AvgIpc) is 2.66. The van der Waals surface area contributed by atoms with Gasteiger partial charge in [-0.05, 0) is 31.5 Å². The van der Waals surface area contributed by atoms with Crippen molar-refractivity contribution in [1.29, 1.82) is 0 Å². The van der Waals surface area contributed by atoms with Gasteiger partial charge in [-0.25, -0.2) is 9.59 Å². The maximum absolute atomic E-state index is 12.8. The molecular weight excluding hydrogens is 378 g/mol. The number of aromatic amines is 2. The molecule has 2 heterocycles. The molecule has 1 aliphatic heterocycles. The van der Waals surface area contributed by atoms with E-state index in [4.69, 9.17) is 9.47 Å². The topological polar surface area (TPSA) is 134 Å². The Morgan fingerprint density at radius 2 is 2.07 bits per heavy atom. The number of anilines is 1. The van der Waals surface area contributed by atoms with Gasteiger partial charge >= 0.3 is 11.7 Å². The molecule has 29 heavy (non-hydrogen) atoms. The smallest absolute Gasteiger partial charge is 0.337 e. The summed E-state index contributed by atoms with van der Waals surface area (Å²) in [7, 11) is 0. The fourth-order valence-corrected chi connectivity index (χ4v) is 3.28. The van der Waals surface area contributed by atoms with Gasteiger partial charge in [0.05, 0.1) is 23.7 Å². The highest BCUT2D eigenvalue weighted by molar-refractivity contribution is 5.94. The number of nitrogens with one attached hydrogen (secondary N) is 3. The molecule has 1 aromatic carbocycles. The lowest BCUT2D eigenvalue weighted by molar-refractivity contribution is -0.138.